The molecule has 0 bridgehead atoms. The van der Waals surface area contributed by atoms with Crippen LogP contribution in [0.3, 0.4) is 0 Å². The van der Waals surface area contributed by atoms with E-state index in [1.165, 1.54) is 11.1 Å². The fourth-order valence-electron chi connectivity index (χ4n) is 2.35. The number of benzene rings is 1. The molecule has 0 radical (unpaired) electrons. The average molecular weight is 344 g/mol. The third kappa shape index (κ3) is 6.43. The van der Waals surface area contributed by atoms with Gasteiger partial charge in [0.2, 0.25) is 12.3 Å². The van der Waals surface area contributed by atoms with Crippen molar-refractivity contribution >= 4 is 12.1 Å². The highest BCUT2D eigenvalue weighted by molar-refractivity contribution is 5.54. The van der Waals surface area contributed by atoms with Crippen molar-refractivity contribution in [2.24, 2.45) is 5.84 Å². The molecule has 0 aliphatic carbocycles. The van der Waals surface area contributed by atoms with E-state index < -0.39 is 0 Å². The summed E-state index contributed by atoms with van der Waals surface area (Å²) in [5, 5.41) is 3.24. The summed E-state index contributed by atoms with van der Waals surface area (Å²) in [6, 6.07) is 12.3. The Morgan fingerprint density at radius 3 is 2.48 bits per heavy atom. The van der Waals surface area contributed by atoms with E-state index in [0.717, 1.165) is 17.8 Å². The van der Waals surface area contributed by atoms with E-state index in [2.05, 4.69) is 55.1 Å². The Balaban J connectivity index is 0.000000705. The first kappa shape index (κ1) is 20.4. The Hall–Kier alpha value is -2.60. The molecule has 1 heterocycles. The Bertz CT molecular complexity index is 637. The maximum absolute atomic E-state index is 8.94. The molecule has 136 valence electrons. The molecular weight excluding hydrogens is 316 g/mol. The van der Waals surface area contributed by atoms with Crippen molar-refractivity contribution in [3.8, 4) is 5.88 Å². The normalized spacial score (nSPS) is 9.84. The van der Waals surface area contributed by atoms with Crippen LogP contribution < -0.4 is 21.3 Å². The van der Waals surface area contributed by atoms with Gasteiger partial charge in [0.25, 0.3) is 0 Å². The maximum atomic E-state index is 8.94. The summed E-state index contributed by atoms with van der Waals surface area (Å²) < 4.78 is 5.92. The van der Waals surface area contributed by atoms with Crippen molar-refractivity contribution in [1.29, 1.82) is 0 Å². The number of rotatable bonds is 7. The molecule has 1 aromatic carbocycles. The van der Waals surface area contributed by atoms with Gasteiger partial charge in [0.15, 0.2) is 0 Å². The minimum Gasteiger partial charge on any atom is -0.473 e. The zero-order valence-corrected chi connectivity index (χ0v) is 15.4. The average Bonchev–Trinajstić information content (AvgIpc) is 2.66. The van der Waals surface area contributed by atoms with Crippen molar-refractivity contribution in [3.05, 3.63) is 53.2 Å². The topological polar surface area (TPSA) is 89.3 Å². The molecule has 0 atom stereocenters. The molecule has 4 N–H and O–H groups in total. The second kappa shape index (κ2) is 11.0. The molecule has 0 saturated heterocycles. The summed E-state index contributed by atoms with van der Waals surface area (Å²) in [6.45, 7) is 6.97. The molecular formula is C19H28N4O2. The van der Waals surface area contributed by atoms with Gasteiger partial charge in [-0.2, -0.15) is 0 Å². The molecule has 0 unspecified atom stereocenters. The van der Waals surface area contributed by atoms with E-state index in [9.17, 15) is 0 Å². The van der Waals surface area contributed by atoms with E-state index in [1.807, 2.05) is 25.2 Å². The van der Waals surface area contributed by atoms with Gasteiger partial charge in [-0.3, -0.25) is 10.2 Å². The highest BCUT2D eigenvalue weighted by Crippen LogP contribution is 2.23. The molecule has 0 saturated carbocycles. The summed E-state index contributed by atoms with van der Waals surface area (Å²) in [5.74, 6) is 5.51. The highest BCUT2D eigenvalue weighted by atomic mass is 16.5. The number of hydrazine groups is 1. The van der Waals surface area contributed by atoms with E-state index in [4.69, 9.17) is 9.53 Å². The van der Waals surface area contributed by atoms with Crippen LogP contribution in [-0.2, 0) is 17.8 Å². The number of anilines is 1. The van der Waals surface area contributed by atoms with E-state index in [1.54, 1.807) is 5.43 Å². The van der Waals surface area contributed by atoms with Crippen molar-refractivity contribution in [3.63, 3.8) is 0 Å². The zero-order chi connectivity index (χ0) is 18.7. The first-order valence-corrected chi connectivity index (χ1v) is 8.35. The fraction of sp³-hybridized carbons (Fsp3) is 0.368. The molecule has 6 heteroatoms. The number of carbonyl (C=O) groups is 1. The first-order chi connectivity index (χ1) is 12.1. The van der Waals surface area contributed by atoms with Crippen LogP contribution in [0.25, 0.3) is 0 Å². The monoisotopic (exact) mass is 344 g/mol. The molecule has 0 spiro atoms. The number of pyridine rings is 1. The molecule has 1 amide bonds. The molecule has 2 rings (SSSR count). The Morgan fingerprint density at radius 1 is 1.24 bits per heavy atom. The number of carbonyl (C=O) groups excluding carboxylic acids is 1. The predicted molar refractivity (Wildman–Crippen MR) is 101 cm³/mol. The number of amides is 1. The standard InChI is InChI=1S/C18H24N2O.CH4N2O/c1-5-14-8-6-10-17(19-4)15(14)12-21-18-11-7-9-16(20-18)13(2)3;2-3-1-4/h6-11,13,19H,5,12H2,1-4H3;1H,2H2,(H,3,4). The van der Waals surface area contributed by atoms with Gasteiger partial charge >= 0.3 is 0 Å². The zero-order valence-electron chi connectivity index (χ0n) is 15.4. The van der Waals surface area contributed by atoms with Gasteiger partial charge in [0.1, 0.15) is 6.61 Å². The Labute approximate surface area is 149 Å². The number of hydrogen-bond donors (Lipinski definition) is 3. The third-order valence-corrected chi connectivity index (χ3v) is 3.69. The number of ether oxygens (including phenoxy) is 1. The van der Waals surface area contributed by atoms with Crippen LogP contribution in [0.1, 0.15) is 43.5 Å². The lowest BCUT2D eigenvalue weighted by atomic mass is 10.0. The number of nitrogens with one attached hydrogen (secondary N) is 2. The summed E-state index contributed by atoms with van der Waals surface area (Å²) in [6.07, 6.45) is 1.40. The molecule has 6 nitrogen and oxygen atoms in total. The molecule has 0 aliphatic heterocycles. The SMILES string of the molecule is CCc1cccc(NC)c1COc1cccc(C(C)C)n1.NNC=O. The van der Waals surface area contributed by atoms with Gasteiger partial charge in [-0.1, -0.05) is 39.0 Å². The van der Waals surface area contributed by atoms with Gasteiger partial charge < -0.3 is 10.1 Å². The van der Waals surface area contributed by atoms with E-state index in [-0.39, 0.29) is 0 Å². The minimum absolute atomic E-state index is 0.403. The molecule has 1 aromatic heterocycles. The number of hydrogen-bond acceptors (Lipinski definition) is 5. The summed E-state index contributed by atoms with van der Waals surface area (Å²) in [7, 11) is 1.94. The van der Waals surface area contributed by atoms with Crippen LogP contribution in [0, 0.1) is 0 Å². The second-order valence-corrected chi connectivity index (χ2v) is 5.68. The van der Waals surface area contributed by atoms with Crippen LogP contribution >= 0.6 is 0 Å². The van der Waals surface area contributed by atoms with E-state index >= 15 is 0 Å². The third-order valence-electron chi connectivity index (χ3n) is 3.69. The summed E-state index contributed by atoms with van der Waals surface area (Å²) in [4.78, 5) is 13.5. The largest absolute Gasteiger partial charge is 0.473 e. The van der Waals surface area contributed by atoms with Crippen molar-refractivity contribution < 1.29 is 9.53 Å². The molecule has 0 fully saturated rings. The minimum atomic E-state index is 0.403. The van der Waals surface area contributed by atoms with Gasteiger partial charge in [0.05, 0.1) is 0 Å². The Kier molecular flexibility index (Phi) is 9.03. The van der Waals surface area contributed by atoms with Gasteiger partial charge in [0, 0.05) is 30.1 Å². The predicted octanol–water partition coefficient (Wildman–Crippen LogP) is 2.99. The molecule has 0 aliphatic rings. The van der Waals surface area contributed by atoms with Gasteiger partial charge in [-0.15, -0.1) is 0 Å². The van der Waals surface area contributed by atoms with Gasteiger partial charge in [-0.25, -0.2) is 10.8 Å². The first-order valence-electron chi connectivity index (χ1n) is 8.35. The second-order valence-electron chi connectivity index (χ2n) is 5.68. The Morgan fingerprint density at radius 2 is 1.92 bits per heavy atom. The lowest BCUT2D eigenvalue weighted by Gasteiger charge is -2.15. The van der Waals surface area contributed by atoms with Crippen LogP contribution in [0.15, 0.2) is 36.4 Å². The fourth-order valence-corrected chi connectivity index (χ4v) is 2.35. The highest BCUT2D eigenvalue weighted by Gasteiger charge is 2.08. The quantitative estimate of drug-likeness (QED) is 0.311. The van der Waals surface area contributed by atoms with Crippen LogP contribution in [0.4, 0.5) is 5.69 Å². The van der Waals surface area contributed by atoms with Crippen LogP contribution in [0.5, 0.6) is 5.88 Å². The van der Waals surface area contributed by atoms with E-state index in [0.29, 0.717) is 24.8 Å². The smallest absolute Gasteiger partial charge is 0.221 e. The summed E-state index contributed by atoms with van der Waals surface area (Å²) in [5.41, 5.74) is 6.44. The van der Waals surface area contributed by atoms with Crippen LogP contribution in [0.2, 0.25) is 0 Å². The van der Waals surface area contributed by atoms with Crippen molar-refractivity contribution in [2.75, 3.05) is 12.4 Å². The number of aryl methyl sites for hydroxylation is 1. The van der Waals surface area contributed by atoms with Crippen LogP contribution in [-0.4, -0.2) is 18.4 Å². The summed E-state index contributed by atoms with van der Waals surface area (Å²) >= 11 is 0. The van der Waals surface area contributed by atoms with Crippen molar-refractivity contribution in [1.82, 2.24) is 10.4 Å². The van der Waals surface area contributed by atoms with Crippen molar-refractivity contribution in [2.45, 2.75) is 39.7 Å². The van der Waals surface area contributed by atoms with Gasteiger partial charge in [-0.05, 0) is 30.0 Å². The number of nitrogens with zero attached hydrogens (tertiary/aromatic N) is 1. The molecule has 25 heavy (non-hydrogen) atoms. The number of aromatic nitrogens is 1. The maximum Gasteiger partial charge on any atom is 0.221 e. The lowest BCUT2D eigenvalue weighted by molar-refractivity contribution is -0.109. The lowest BCUT2D eigenvalue weighted by Crippen LogP contribution is -2.18. The molecule has 2 aromatic rings. The number of nitrogens with two attached hydrogens (primary N) is 1.